The van der Waals surface area contributed by atoms with E-state index in [2.05, 4.69) is 21.2 Å². The van der Waals surface area contributed by atoms with E-state index in [-0.39, 0.29) is 6.61 Å². The first kappa shape index (κ1) is 12.6. The van der Waals surface area contributed by atoms with Crippen LogP contribution in [0, 0.1) is 5.21 Å². The Balaban J connectivity index is 1.97. The van der Waals surface area contributed by atoms with Crippen molar-refractivity contribution in [2.75, 3.05) is 0 Å². The lowest BCUT2D eigenvalue weighted by atomic mass is 10.2. The molecular weight excluding hydrogens is 296 g/mol. The maximum Gasteiger partial charge on any atom is 0.249 e. The molecule has 0 amide bonds. The summed E-state index contributed by atoms with van der Waals surface area (Å²) >= 11 is 3.29. The highest BCUT2D eigenvalue weighted by Crippen LogP contribution is 2.18. The topological polar surface area (TPSA) is 47.7 Å². The van der Waals surface area contributed by atoms with Crippen LogP contribution in [0.3, 0.4) is 0 Å². The van der Waals surface area contributed by atoms with E-state index in [1.807, 2.05) is 36.4 Å². The van der Waals surface area contributed by atoms with Gasteiger partial charge in [-0.15, -0.1) is 0 Å². The molecule has 0 aliphatic heterocycles. The number of hydrogen-bond donors (Lipinski definition) is 0. The van der Waals surface area contributed by atoms with Crippen molar-refractivity contribution < 1.29 is 9.70 Å². The summed E-state index contributed by atoms with van der Waals surface area (Å²) in [5.41, 5.74) is 1.38. The Kier molecular flexibility index (Phi) is 4.30. The molecule has 0 aliphatic carbocycles. The number of halogens is 1. The quantitative estimate of drug-likeness (QED) is 0.483. The molecule has 5 heteroatoms. The van der Waals surface area contributed by atoms with E-state index in [4.69, 9.17) is 4.84 Å². The number of benzene rings is 2. The summed E-state index contributed by atoms with van der Waals surface area (Å²) in [7, 11) is 0. The van der Waals surface area contributed by atoms with Crippen LogP contribution in [0.25, 0.3) is 0 Å². The number of hydrogen-bond acceptors (Lipinski definition) is 3. The summed E-state index contributed by atoms with van der Waals surface area (Å²) in [6.07, 6.45) is 0. The molecule has 0 atom stereocenters. The van der Waals surface area contributed by atoms with E-state index in [9.17, 15) is 5.21 Å². The lowest BCUT2D eigenvalue weighted by Gasteiger charge is -2.00. The predicted molar refractivity (Wildman–Crippen MR) is 71.1 cm³/mol. The molecule has 0 aromatic heterocycles. The van der Waals surface area contributed by atoms with Crippen molar-refractivity contribution >= 4 is 21.6 Å². The molecule has 0 aliphatic rings. The Morgan fingerprint density at radius 2 is 1.89 bits per heavy atom. The van der Waals surface area contributed by atoms with Gasteiger partial charge in [-0.05, 0) is 16.5 Å². The van der Waals surface area contributed by atoms with Gasteiger partial charge in [-0.1, -0.05) is 52.3 Å². The molecule has 2 aromatic carbocycles. The van der Waals surface area contributed by atoms with Gasteiger partial charge in [-0.2, -0.15) is 0 Å². The van der Waals surface area contributed by atoms with Crippen LogP contribution < -0.4 is 0 Å². The summed E-state index contributed by atoms with van der Waals surface area (Å²) < 4.78 is 0.819. The van der Waals surface area contributed by atoms with Gasteiger partial charge < -0.3 is 10.0 Å². The summed E-state index contributed by atoms with van der Waals surface area (Å²) in [5, 5.41) is 15.1. The van der Waals surface area contributed by atoms with Gasteiger partial charge in [0.15, 0.2) is 0 Å². The third-order valence-corrected chi connectivity index (χ3v) is 2.73. The van der Waals surface area contributed by atoms with Gasteiger partial charge >= 0.3 is 0 Å². The Morgan fingerprint density at radius 3 is 2.61 bits per heavy atom. The molecular formula is C13H11BrN2O2. The highest BCUT2D eigenvalue weighted by Gasteiger charge is 2.04. The van der Waals surface area contributed by atoms with E-state index >= 15 is 0 Å². The lowest BCUT2D eigenvalue weighted by molar-refractivity contribution is -0.480. The van der Waals surface area contributed by atoms with Crippen LogP contribution in [0.2, 0.25) is 0 Å². The fourth-order valence-electron chi connectivity index (χ4n) is 1.37. The van der Waals surface area contributed by atoms with E-state index < -0.39 is 0 Å². The molecule has 0 saturated heterocycles. The molecule has 0 bridgehead atoms. The average molecular weight is 307 g/mol. The predicted octanol–water partition coefficient (Wildman–Crippen LogP) is 4.17. The minimum Gasteiger partial charge on any atom is -0.592 e. The summed E-state index contributed by atoms with van der Waals surface area (Å²) in [4.78, 5) is 5.45. The fraction of sp³-hybridized carbons (Fsp3) is 0.0769. The number of rotatable bonds is 4. The third kappa shape index (κ3) is 3.56. The Labute approximate surface area is 113 Å². The van der Waals surface area contributed by atoms with Crippen LogP contribution in [0.1, 0.15) is 5.56 Å². The molecule has 0 N–H and O–H groups in total. The Hall–Kier alpha value is -1.88. The molecule has 0 saturated carbocycles. The zero-order valence-electron chi connectivity index (χ0n) is 9.49. The normalized spacial score (nSPS) is 11.3. The molecule has 2 aromatic rings. The van der Waals surface area contributed by atoms with Crippen molar-refractivity contribution in [1.82, 2.24) is 0 Å². The van der Waals surface area contributed by atoms with Crippen LogP contribution in [0.4, 0.5) is 5.69 Å². The van der Waals surface area contributed by atoms with Gasteiger partial charge in [0.25, 0.3) is 0 Å². The van der Waals surface area contributed by atoms with E-state index in [1.165, 1.54) is 0 Å². The number of nitrogens with zero attached hydrogens (tertiary/aromatic N) is 2. The lowest BCUT2D eigenvalue weighted by Crippen LogP contribution is -1.94. The van der Waals surface area contributed by atoms with Crippen LogP contribution in [-0.4, -0.2) is 4.86 Å². The van der Waals surface area contributed by atoms with Crippen LogP contribution in [-0.2, 0) is 11.4 Å². The van der Waals surface area contributed by atoms with Crippen LogP contribution >= 0.6 is 15.9 Å². The van der Waals surface area contributed by atoms with Gasteiger partial charge in [0.1, 0.15) is 6.61 Å². The minimum atomic E-state index is 0.271. The largest absolute Gasteiger partial charge is 0.592 e. The van der Waals surface area contributed by atoms with Crippen molar-refractivity contribution in [3.63, 3.8) is 0 Å². The van der Waals surface area contributed by atoms with Gasteiger partial charge in [0.05, 0.1) is 0 Å². The molecule has 0 fully saturated rings. The van der Waals surface area contributed by atoms with Crippen LogP contribution in [0.15, 0.2) is 64.3 Å². The van der Waals surface area contributed by atoms with E-state index in [0.717, 1.165) is 10.0 Å². The second-order valence-electron chi connectivity index (χ2n) is 3.59. The second-order valence-corrected chi connectivity index (χ2v) is 4.51. The first-order valence-electron chi connectivity index (χ1n) is 5.35. The van der Waals surface area contributed by atoms with Crippen molar-refractivity contribution in [1.29, 1.82) is 0 Å². The molecule has 0 spiro atoms. The second kappa shape index (κ2) is 6.16. The molecule has 92 valence electrons. The highest BCUT2D eigenvalue weighted by atomic mass is 79.9. The van der Waals surface area contributed by atoms with Crippen molar-refractivity contribution in [3.8, 4) is 0 Å². The third-order valence-electron chi connectivity index (χ3n) is 2.24. The smallest absolute Gasteiger partial charge is 0.249 e. The Bertz CT molecular complexity index is 544. The zero-order chi connectivity index (χ0) is 12.8. The van der Waals surface area contributed by atoms with Crippen molar-refractivity contribution in [2.24, 2.45) is 5.28 Å². The SMILES string of the molecule is [O-][N+](=NOCc1ccccc1)c1cccc(Br)c1. The molecule has 18 heavy (non-hydrogen) atoms. The van der Waals surface area contributed by atoms with Crippen molar-refractivity contribution in [2.45, 2.75) is 6.61 Å². The molecule has 0 heterocycles. The minimum absolute atomic E-state index is 0.271. The maximum absolute atomic E-state index is 11.6. The summed E-state index contributed by atoms with van der Waals surface area (Å²) in [5.74, 6) is 0. The average Bonchev–Trinajstić information content (AvgIpc) is 2.40. The zero-order valence-corrected chi connectivity index (χ0v) is 11.1. The summed E-state index contributed by atoms with van der Waals surface area (Å²) in [6.45, 7) is 0.271. The molecule has 0 radical (unpaired) electrons. The van der Waals surface area contributed by atoms with Gasteiger partial charge in [-0.25, -0.2) is 0 Å². The first-order chi connectivity index (χ1) is 8.75. The highest BCUT2D eigenvalue weighted by molar-refractivity contribution is 9.10. The Morgan fingerprint density at radius 1 is 1.11 bits per heavy atom. The van der Waals surface area contributed by atoms with Gasteiger partial charge in [0.2, 0.25) is 11.0 Å². The van der Waals surface area contributed by atoms with E-state index in [1.54, 1.807) is 18.2 Å². The first-order valence-corrected chi connectivity index (χ1v) is 6.15. The maximum atomic E-state index is 11.6. The van der Waals surface area contributed by atoms with E-state index in [0.29, 0.717) is 10.5 Å². The molecule has 2 rings (SSSR count). The van der Waals surface area contributed by atoms with Gasteiger partial charge in [0, 0.05) is 16.6 Å². The van der Waals surface area contributed by atoms with Crippen LogP contribution in [0.5, 0.6) is 0 Å². The molecule has 4 nitrogen and oxygen atoms in total. The van der Waals surface area contributed by atoms with Crippen molar-refractivity contribution in [3.05, 3.63) is 69.8 Å². The van der Waals surface area contributed by atoms with Gasteiger partial charge in [-0.3, -0.25) is 0 Å². The molecule has 0 unspecified atom stereocenters. The fourth-order valence-corrected chi connectivity index (χ4v) is 1.76. The monoisotopic (exact) mass is 306 g/mol. The summed E-state index contributed by atoms with van der Waals surface area (Å²) in [6, 6.07) is 16.5. The standard InChI is InChI=1S/C13H11BrN2O2/c14-12-7-4-8-13(9-12)16(17)15-18-10-11-5-2-1-3-6-11/h1-9H,10H2.